The van der Waals surface area contributed by atoms with Crippen LogP contribution in [0.1, 0.15) is 25.3 Å². The van der Waals surface area contributed by atoms with Gasteiger partial charge in [-0.2, -0.15) is 0 Å². The number of aliphatic carboxylic acids is 1. The second kappa shape index (κ2) is 6.69. The van der Waals surface area contributed by atoms with Crippen molar-refractivity contribution in [3.05, 3.63) is 23.5 Å². The number of methoxy groups -OCH3 is 2. The lowest BCUT2D eigenvalue weighted by Crippen LogP contribution is -2.21. The minimum Gasteiger partial charge on any atom is -0.493 e. The molecule has 1 rings (SSSR count). The lowest BCUT2D eigenvalue weighted by molar-refractivity contribution is -0.138. The van der Waals surface area contributed by atoms with Crippen molar-refractivity contribution in [2.45, 2.75) is 25.7 Å². The first-order valence-corrected chi connectivity index (χ1v) is 6.23. The Morgan fingerprint density at radius 2 is 1.81 bits per heavy atom. The molecule has 0 aliphatic heterocycles. The molecule has 0 bridgehead atoms. The molecule has 1 unspecified atom stereocenters. The molecule has 0 fully saturated rings. The first kappa shape index (κ1) is 17.1. The van der Waals surface area contributed by atoms with E-state index >= 15 is 0 Å². The largest absolute Gasteiger partial charge is 0.493 e. The van der Waals surface area contributed by atoms with Gasteiger partial charge in [-0.15, -0.1) is 0 Å². The van der Waals surface area contributed by atoms with Crippen LogP contribution in [0.3, 0.4) is 0 Å². The molecule has 1 aromatic rings. The van der Waals surface area contributed by atoms with Crippen LogP contribution in [0.4, 0.5) is 13.2 Å². The van der Waals surface area contributed by atoms with E-state index in [-0.39, 0.29) is 11.5 Å². The summed E-state index contributed by atoms with van der Waals surface area (Å²) in [6.45, 7) is 1.38. The predicted molar refractivity (Wildman–Crippen MR) is 69.4 cm³/mol. The fourth-order valence-electron chi connectivity index (χ4n) is 2.05. The summed E-state index contributed by atoms with van der Waals surface area (Å²) in [6, 6.07) is 1.70. The molecule has 4 nitrogen and oxygen atoms in total. The number of ether oxygens (including phenoxy) is 2. The van der Waals surface area contributed by atoms with Crippen molar-refractivity contribution in [2.24, 2.45) is 5.92 Å². The van der Waals surface area contributed by atoms with Gasteiger partial charge in [-0.1, -0.05) is 6.92 Å². The van der Waals surface area contributed by atoms with Gasteiger partial charge in [0.05, 0.1) is 19.8 Å². The molecular formula is C14H17F3O4. The van der Waals surface area contributed by atoms with E-state index in [1.807, 2.05) is 0 Å². The Labute approximate surface area is 120 Å². The lowest BCUT2D eigenvalue weighted by atomic mass is 9.94. The van der Waals surface area contributed by atoms with Crippen LogP contribution in [-0.2, 0) is 10.7 Å². The molecule has 1 aromatic carbocycles. The van der Waals surface area contributed by atoms with Gasteiger partial charge in [0.15, 0.2) is 11.5 Å². The van der Waals surface area contributed by atoms with E-state index in [9.17, 15) is 18.0 Å². The van der Waals surface area contributed by atoms with Crippen molar-refractivity contribution in [3.8, 4) is 11.5 Å². The van der Waals surface area contributed by atoms with E-state index in [0.29, 0.717) is 0 Å². The predicted octanol–water partition coefficient (Wildman–Crippen LogP) is 3.44. The van der Waals surface area contributed by atoms with Crippen LogP contribution in [0.5, 0.6) is 11.5 Å². The average molecular weight is 306 g/mol. The first-order valence-electron chi connectivity index (χ1n) is 6.23. The molecule has 1 atom stereocenters. The van der Waals surface area contributed by atoms with Crippen LogP contribution >= 0.6 is 0 Å². The van der Waals surface area contributed by atoms with Gasteiger partial charge in [-0.3, -0.25) is 4.79 Å². The number of halogens is 3. The van der Waals surface area contributed by atoms with E-state index in [1.54, 1.807) is 0 Å². The van der Waals surface area contributed by atoms with Crippen LogP contribution in [0.25, 0.3) is 0 Å². The lowest BCUT2D eigenvalue weighted by Gasteiger charge is -2.22. The van der Waals surface area contributed by atoms with E-state index in [4.69, 9.17) is 14.6 Å². The Balaban J connectivity index is 3.09. The van der Waals surface area contributed by atoms with Crippen LogP contribution in [-0.4, -0.2) is 25.3 Å². The summed E-state index contributed by atoms with van der Waals surface area (Å²) in [5.74, 6) is -6.61. The highest BCUT2D eigenvalue weighted by atomic mass is 19.3. The van der Waals surface area contributed by atoms with E-state index < -0.39 is 42.0 Å². The molecule has 0 aromatic heterocycles. The molecule has 0 amide bonds. The third kappa shape index (κ3) is 4.27. The highest BCUT2D eigenvalue weighted by Gasteiger charge is 2.37. The van der Waals surface area contributed by atoms with Crippen LogP contribution in [0.2, 0.25) is 0 Å². The Morgan fingerprint density at radius 1 is 1.29 bits per heavy atom. The van der Waals surface area contributed by atoms with Gasteiger partial charge in [-0.05, 0) is 12.0 Å². The van der Waals surface area contributed by atoms with E-state index in [1.165, 1.54) is 21.1 Å². The van der Waals surface area contributed by atoms with Crippen molar-refractivity contribution in [1.29, 1.82) is 0 Å². The van der Waals surface area contributed by atoms with Crippen molar-refractivity contribution in [1.82, 2.24) is 0 Å². The maximum atomic E-state index is 14.1. The summed E-state index contributed by atoms with van der Waals surface area (Å²) >= 11 is 0. The van der Waals surface area contributed by atoms with Gasteiger partial charge >= 0.3 is 5.97 Å². The molecule has 0 saturated heterocycles. The first-order chi connectivity index (χ1) is 9.71. The number of hydrogen-bond donors (Lipinski definition) is 1. The van der Waals surface area contributed by atoms with Crippen molar-refractivity contribution in [3.63, 3.8) is 0 Å². The standard InChI is InChI=1S/C14H17F3O4/c1-8(4-13(18)19)7-14(16,17)9-5-11(20-2)12(21-3)6-10(9)15/h5-6,8H,4,7H2,1-3H3,(H,18,19). The normalized spacial score (nSPS) is 12.9. The molecule has 0 heterocycles. The molecule has 0 spiro atoms. The number of carboxylic acid groups (broad SMARTS) is 1. The molecule has 118 valence electrons. The maximum absolute atomic E-state index is 14.1. The van der Waals surface area contributed by atoms with Gasteiger partial charge in [-0.25, -0.2) is 13.2 Å². The summed E-state index contributed by atoms with van der Waals surface area (Å²) < 4.78 is 51.8. The molecule has 0 aliphatic rings. The summed E-state index contributed by atoms with van der Waals surface area (Å²) in [5, 5.41) is 8.60. The number of hydrogen-bond acceptors (Lipinski definition) is 3. The molecule has 1 N–H and O–H groups in total. The highest BCUT2D eigenvalue weighted by Crippen LogP contribution is 2.41. The Kier molecular flexibility index (Phi) is 5.46. The molecule has 0 aliphatic carbocycles. The summed E-state index contributed by atoms with van der Waals surface area (Å²) in [4.78, 5) is 10.5. The Hall–Kier alpha value is -1.92. The summed E-state index contributed by atoms with van der Waals surface area (Å²) in [7, 11) is 2.52. The molecule has 0 radical (unpaired) electrons. The van der Waals surface area contributed by atoms with Gasteiger partial charge in [0, 0.05) is 18.9 Å². The third-order valence-electron chi connectivity index (χ3n) is 3.00. The van der Waals surface area contributed by atoms with Crippen molar-refractivity contribution < 1.29 is 32.5 Å². The van der Waals surface area contributed by atoms with Crippen LogP contribution in [0, 0.1) is 11.7 Å². The zero-order valence-corrected chi connectivity index (χ0v) is 12.0. The van der Waals surface area contributed by atoms with Gasteiger partial charge < -0.3 is 14.6 Å². The summed E-state index contributed by atoms with van der Waals surface area (Å²) in [5.41, 5.74) is -0.836. The van der Waals surface area contributed by atoms with E-state index in [0.717, 1.165) is 12.1 Å². The van der Waals surface area contributed by atoms with Gasteiger partial charge in [0.2, 0.25) is 0 Å². The monoisotopic (exact) mass is 306 g/mol. The highest BCUT2D eigenvalue weighted by molar-refractivity contribution is 5.66. The van der Waals surface area contributed by atoms with Crippen molar-refractivity contribution in [2.75, 3.05) is 14.2 Å². The Morgan fingerprint density at radius 3 is 2.29 bits per heavy atom. The number of benzene rings is 1. The van der Waals surface area contributed by atoms with Crippen molar-refractivity contribution >= 4 is 5.97 Å². The SMILES string of the molecule is COc1cc(F)c(C(F)(F)CC(C)CC(=O)O)cc1OC. The number of alkyl halides is 2. The fraction of sp³-hybridized carbons (Fsp3) is 0.500. The molecule has 0 saturated carbocycles. The quantitative estimate of drug-likeness (QED) is 0.838. The van der Waals surface area contributed by atoms with Gasteiger partial charge in [0.25, 0.3) is 5.92 Å². The van der Waals surface area contributed by atoms with E-state index in [2.05, 4.69) is 0 Å². The van der Waals surface area contributed by atoms with Crippen LogP contribution in [0.15, 0.2) is 12.1 Å². The third-order valence-corrected chi connectivity index (χ3v) is 3.00. The second-order valence-corrected chi connectivity index (χ2v) is 4.80. The zero-order valence-electron chi connectivity index (χ0n) is 12.0. The molecule has 7 heteroatoms. The smallest absolute Gasteiger partial charge is 0.303 e. The maximum Gasteiger partial charge on any atom is 0.303 e. The number of carbonyl (C=O) groups is 1. The number of rotatable bonds is 7. The molecular weight excluding hydrogens is 289 g/mol. The second-order valence-electron chi connectivity index (χ2n) is 4.80. The number of carboxylic acids is 1. The van der Waals surface area contributed by atoms with Crippen LogP contribution < -0.4 is 9.47 Å². The Bertz CT molecular complexity index is 517. The van der Waals surface area contributed by atoms with Gasteiger partial charge in [0.1, 0.15) is 5.82 Å². The minimum atomic E-state index is -3.50. The fourth-order valence-corrected chi connectivity index (χ4v) is 2.05. The average Bonchev–Trinajstić information content (AvgIpc) is 2.36. The zero-order chi connectivity index (χ0) is 16.2. The molecule has 21 heavy (non-hydrogen) atoms. The minimum absolute atomic E-state index is 0.00753. The topological polar surface area (TPSA) is 55.8 Å². The summed E-state index contributed by atoms with van der Waals surface area (Å²) in [6.07, 6.45) is -1.18.